The van der Waals surface area contributed by atoms with E-state index in [4.69, 9.17) is 10.5 Å². The van der Waals surface area contributed by atoms with E-state index in [9.17, 15) is 33.8 Å². The Morgan fingerprint density at radius 1 is 0.644 bits per heavy atom. The van der Waals surface area contributed by atoms with Crippen molar-refractivity contribution in [3.8, 4) is 12.1 Å². The minimum absolute atomic E-state index is 0. The number of rotatable bonds is 6. The molecule has 1 fully saturated rings. The van der Waals surface area contributed by atoms with Crippen LogP contribution in [0.4, 0.5) is 33.8 Å². The van der Waals surface area contributed by atoms with Crippen molar-refractivity contribution in [2.45, 2.75) is 64.7 Å². The summed E-state index contributed by atoms with van der Waals surface area (Å²) in [6.45, 7) is 4.69. The molecule has 1 aliphatic carbocycles. The van der Waals surface area contributed by atoms with E-state index in [0.29, 0.717) is 12.1 Å². The second-order valence-corrected chi connectivity index (χ2v) is 20.2. The molecule has 3 rings (SSSR count). The minimum Gasteiger partial charge on any atom is 2.00 e. The Kier molecular flexibility index (Phi) is 18.7. The quantitative estimate of drug-likeness (QED) is 0.213. The Bertz CT molecular complexity index is 1070. The standard InChI is InChI=1S/C20H28N4.2C2H3N.12FH.Fe.2Sb/c1-23(15-17-9-5-7-13-21-17)19-11-3-4-12-20(19)24(2)16-18-10-6-8-14-22-18;2*1-2-3;;;;;;;;;;;;;;;/h5-10,13-14,19-20H,3-4,11-12,15-16H2,1-2H3;2*1H3;12*1H;;;/q;;;;;;;;;;;;;;;+2;2*+5/p-12/t19-,20-;;;;;;;;;;;;;;;;;/m1................./s1. The van der Waals surface area contributed by atoms with E-state index in [-0.39, 0.29) is 17.1 Å². The second kappa shape index (κ2) is 17.6. The van der Waals surface area contributed by atoms with E-state index < -0.39 is 39.0 Å². The van der Waals surface area contributed by atoms with Gasteiger partial charge in [0.2, 0.25) is 0 Å². The van der Waals surface area contributed by atoms with Crippen LogP contribution >= 0.6 is 0 Å². The average molecular weight is 934 g/mol. The Balaban J connectivity index is -0.000000693. The van der Waals surface area contributed by atoms with Gasteiger partial charge in [0.05, 0.1) is 23.5 Å². The molecule has 2 aromatic heterocycles. The molecule has 262 valence electrons. The van der Waals surface area contributed by atoms with Gasteiger partial charge < -0.3 is 0 Å². The molecule has 2 atom stereocenters. The van der Waals surface area contributed by atoms with Gasteiger partial charge in [0.25, 0.3) is 0 Å². The molecule has 6 nitrogen and oxygen atoms in total. The molecule has 2 aromatic rings. The summed E-state index contributed by atoms with van der Waals surface area (Å²) in [6.07, 6.45) is 8.95. The van der Waals surface area contributed by atoms with Crippen molar-refractivity contribution in [1.29, 1.82) is 10.5 Å². The molecule has 1 saturated carbocycles. The van der Waals surface area contributed by atoms with Crippen LogP contribution in [0.5, 0.6) is 0 Å². The summed E-state index contributed by atoms with van der Waals surface area (Å²) in [6, 6.07) is 17.0. The van der Waals surface area contributed by atoms with Gasteiger partial charge >= 0.3 is 89.8 Å². The summed E-state index contributed by atoms with van der Waals surface area (Å²) in [4.78, 5) is 13.9. The first-order valence-electron chi connectivity index (χ1n) is 12.4. The zero-order valence-corrected chi connectivity index (χ0v) is 30.7. The Morgan fingerprint density at radius 2 is 0.889 bits per heavy atom. The molecule has 0 bridgehead atoms. The van der Waals surface area contributed by atoms with Gasteiger partial charge in [0.15, 0.2) is 0 Å². The number of hydrogen-bond acceptors (Lipinski definition) is 6. The van der Waals surface area contributed by atoms with Gasteiger partial charge in [-0.05, 0) is 51.2 Å². The Morgan fingerprint density at radius 3 is 1.09 bits per heavy atom. The molecule has 45 heavy (non-hydrogen) atoms. The molecule has 1 aliphatic rings. The molecule has 2 heterocycles. The largest absolute Gasteiger partial charge is 2.00 e. The molecule has 0 amide bonds. The van der Waals surface area contributed by atoms with Crippen LogP contribution in [0.3, 0.4) is 0 Å². The first-order chi connectivity index (χ1) is 19.5. The maximum Gasteiger partial charge on any atom is 2.00 e. The molecule has 0 spiro atoms. The first kappa shape index (κ1) is 47.9. The molecule has 21 heteroatoms. The van der Waals surface area contributed by atoms with E-state index >= 15 is 0 Å². The number of likely N-dealkylation sites (N-methyl/N-ethyl adjacent to an activating group) is 2. The maximum atomic E-state index is 9.93. The van der Waals surface area contributed by atoms with Gasteiger partial charge in [-0.1, -0.05) is 25.0 Å². The Labute approximate surface area is 269 Å². The molecule has 0 N–H and O–H groups in total. The summed E-state index contributed by atoms with van der Waals surface area (Å²) < 4.78 is 119. The van der Waals surface area contributed by atoms with Crippen LogP contribution in [-0.2, 0) is 30.2 Å². The molecule has 0 radical (unpaired) electrons. The summed E-state index contributed by atoms with van der Waals surface area (Å²) in [5.74, 6) is 0. The van der Waals surface area contributed by atoms with Crippen molar-refractivity contribution >= 4 is 39.0 Å². The van der Waals surface area contributed by atoms with Gasteiger partial charge in [-0.2, -0.15) is 10.5 Å². The SMILES string of the molecule is CC#N.CC#N.CN(Cc1ccccn1)[C@@H]1CCCC[C@H]1N(C)Cc1ccccn1.[F][Sb-]([F])([F])([F])([F])[F].[F][Sb-]([F])([F])([F])([F])[F].[Fe+2]. The monoisotopic (exact) mass is 932 g/mol. The smallest absolute Gasteiger partial charge is 2.00 e. The van der Waals surface area contributed by atoms with Crippen LogP contribution in [-0.4, -0.2) is 84.9 Å². The number of nitrogens with zero attached hydrogens (tertiary/aromatic N) is 6. The third-order valence-electron chi connectivity index (χ3n) is 5.10. The number of aromatic nitrogens is 2. The van der Waals surface area contributed by atoms with Crippen molar-refractivity contribution in [1.82, 2.24) is 19.8 Å². The number of nitriles is 2. The maximum absolute atomic E-state index is 11.2. The van der Waals surface area contributed by atoms with Gasteiger partial charge in [-0.15, -0.1) is 0 Å². The summed E-state index contributed by atoms with van der Waals surface area (Å²) in [5.41, 5.74) is 2.30. The van der Waals surface area contributed by atoms with Crippen LogP contribution < -0.4 is 0 Å². The zero-order valence-electron chi connectivity index (χ0n) is 24.5. The van der Waals surface area contributed by atoms with Gasteiger partial charge in [-0.25, -0.2) is 0 Å². The van der Waals surface area contributed by atoms with Crippen molar-refractivity contribution < 1.29 is 50.8 Å². The van der Waals surface area contributed by atoms with E-state index in [1.165, 1.54) is 39.5 Å². The average Bonchev–Trinajstić information content (AvgIpc) is 2.82. The van der Waals surface area contributed by atoms with Crippen molar-refractivity contribution in [3.05, 3.63) is 60.2 Å². The normalized spacial score (nSPS) is 18.9. The Hall–Kier alpha value is -1.48. The van der Waals surface area contributed by atoms with Crippen LogP contribution in [0.1, 0.15) is 50.9 Å². The molecule has 0 aliphatic heterocycles. The molecular formula is C24H34F12FeN6Sb2. The molecule has 0 saturated heterocycles. The van der Waals surface area contributed by atoms with Gasteiger partial charge in [0.1, 0.15) is 0 Å². The topological polar surface area (TPSA) is 79.8 Å². The van der Waals surface area contributed by atoms with E-state index in [1.807, 2.05) is 24.5 Å². The fourth-order valence-electron chi connectivity index (χ4n) is 3.85. The number of halogens is 12. The molecule has 0 aromatic carbocycles. The summed E-state index contributed by atoms with van der Waals surface area (Å²) in [7, 11) is 4.48. The van der Waals surface area contributed by atoms with Gasteiger partial charge in [0, 0.05) is 51.4 Å². The third kappa shape index (κ3) is 40.5. The van der Waals surface area contributed by atoms with Gasteiger partial charge in [-0.3, -0.25) is 19.8 Å². The van der Waals surface area contributed by atoms with Crippen LogP contribution in [0.25, 0.3) is 0 Å². The minimum atomic E-state index is -11.2. The van der Waals surface area contributed by atoms with Crippen molar-refractivity contribution in [2.75, 3.05) is 14.1 Å². The predicted octanol–water partition coefficient (Wildman–Crippen LogP) is 8.69. The fourth-order valence-corrected chi connectivity index (χ4v) is 3.85. The number of pyridine rings is 2. The van der Waals surface area contributed by atoms with E-state index in [1.54, 1.807) is 12.1 Å². The van der Waals surface area contributed by atoms with Crippen molar-refractivity contribution in [2.24, 2.45) is 0 Å². The van der Waals surface area contributed by atoms with Crippen molar-refractivity contribution in [3.63, 3.8) is 0 Å². The second-order valence-electron chi connectivity index (χ2n) is 9.26. The third-order valence-corrected chi connectivity index (χ3v) is 5.10. The summed E-state index contributed by atoms with van der Waals surface area (Å²) in [5, 5.41) is 14.6. The molecular weight excluding hydrogens is 900 g/mol. The zero-order chi connectivity index (χ0) is 35.0. The summed E-state index contributed by atoms with van der Waals surface area (Å²) >= 11 is -22.5. The van der Waals surface area contributed by atoms with Crippen LogP contribution in [0.15, 0.2) is 48.8 Å². The van der Waals surface area contributed by atoms with Crippen LogP contribution in [0, 0.1) is 22.7 Å². The van der Waals surface area contributed by atoms with E-state index in [0.717, 1.165) is 24.5 Å². The van der Waals surface area contributed by atoms with Crippen LogP contribution in [0.2, 0.25) is 0 Å². The van der Waals surface area contributed by atoms with E-state index in [2.05, 4.69) is 58.1 Å². The molecule has 0 unspecified atom stereocenters. The fraction of sp³-hybridized carbons (Fsp3) is 0.500. The first-order valence-corrected chi connectivity index (χ1v) is 24.0. The number of hydrogen-bond donors (Lipinski definition) is 0. The predicted molar refractivity (Wildman–Crippen MR) is 145 cm³/mol.